The van der Waals surface area contributed by atoms with Crippen molar-refractivity contribution in [1.29, 1.82) is 0 Å². The molecule has 2 rings (SSSR count). The molecular weight excluding hydrogens is 364 g/mol. The highest BCUT2D eigenvalue weighted by Gasteiger charge is 2.07. The van der Waals surface area contributed by atoms with Crippen molar-refractivity contribution < 1.29 is 4.79 Å². The van der Waals surface area contributed by atoms with Crippen molar-refractivity contribution in [1.82, 2.24) is 4.98 Å². The maximum Gasteiger partial charge on any atom is 0.274 e. The molecule has 0 fully saturated rings. The number of rotatable bonds is 6. The number of nitrogens with zero attached hydrogens (tertiary/aromatic N) is 1. The van der Waals surface area contributed by atoms with Crippen LogP contribution < -0.4 is 5.32 Å². The van der Waals surface area contributed by atoms with E-state index in [0.717, 1.165) is 16.6 Å². The highest BCUT2D eigenvalue weighted by Crippen LogP contribution is 2.16. The van der Waals surface area contributed by atoms with Crippen LogP contribution in [-0.4, -0.2) is 10.9 Å². The second-order valence-corrected chi connectivity index (χ2v) is 5.89. The maximum absolute atomic E-state index is 12.1. The second kappa shape index (κ2) is 9.59. The van der Waals surface area contributed by atoms with Crippen LogP contribution in [0.4, 0.5) is 5.69 Å². The third kappa shape index (κ3) is 5.78. The predicted molar refractivity (Wildman–Crippen MR) is 96.8 cm³/mol. The van der Waals surface area contributed by atoms with Crippen LogP contribution in [0.25, 0.3) is 0 Å². The van der Waals surface area contributed by atoms with Crippen molar-refractivity contribution in [3.05, 3.63) is 58.3 Å². The number of pyridine rings is 1. The van der Waals surface area contributed by atoms with Crippen LogP contribution >= 0.6 is 28.3 Å². The van der Waals surface area contributed by atoms with Crippen LogP contribution in [-0.2, 0) is 6.42 Å². The second-order valence-electron chi connectivity index (χ2n) is 4.97. The summed E-state index contributed by atoms with van der Waals surface area (Å²) in [5, 5.41) is 2.84. The van der Waals surface area contributed by atoms with E-state index in [1.165, 1.54) is 24.8 Å². The number of benzene rings is 1. The van der Waals surface area contributed by atoms with Crippen molar-refractivity contribution >= 4 is 39.9 Å². The average Bonchev–Trinajstić information content (AvgIpc) is 2.48. The molecule has 0 spiro atoms. The molecule has 1 heterocycles. The lowest BCUT2D eigenvalue weighted by atomic mass is 10.1. The van der Waals surface area contributed by atoms with Gasteiger partial charge >= 0.3 is 0 Å². The number of aromatic nitrogens is 1. The van der Waals surface area contributed by atoms with Crippen LogP contribution in [0.5, 0.6) is 0 Å². The molecular formula is C17H20BrClN2O. The quantitative estimate of drug-likeness (QED) is 0.692. The number of unbranched alkanes of at least 4 members (excludes halogenated alkanes) is 2. The summed E-state index contributed by atoms with van der Waals surface area (Å²) in [4.78, 5) is 16.4. The fourth-order valence-corrected chi connectivity index (χ4v) is 2.45. The van der Waals surface area contributed by atoms with Gasteiger partial charge in [0.05, 0.1) is 0 Å². The molecule has 1 N–H and O–H groups in total. The third-order valence-corrected chi connectivity index (χ3v) is 3.70. The number of hydrogen-bond acceptors (Lipinski definition) is 2. The number of aryl methyl sites for hydroxylation is 1. The van der Waals surface area contributed by atoms with Crippen molar-refractivity contribution in [2.75, 3.05) is 5.32 Å². The standard InChI is InChI=1S/C17H19BrN2O.ClH/c1-2-3-4-6-13-9-10-16(19-12-13)17(21)20-15-8-5-7-14(18)11-15;/h5,7-12H,2-4,6H2,1H3,(H,20,21);1H. The molecule has 3 nitrogen and oxygen atoms in total. The summed E-state index contributed by atoms with van der Waals surface area (Å²) >= 11 is 3.38. The van der Waals surface area contributed by atoms with Gasteiger partial charge in [0.15, 0.2) is 0 Å². The van der Waals surface area contributed by atoms with Crippen LogP contribution in [0.3, 0.4) is 0 Å². The zero-order valence-electron chi connectivity index (χ0n) is 12.5. The molecule has 0 saturated carbocycles. The van der Waals surface area contributed by atoms with Gasteiger partial charge in [0.2, 0.25) is 0 Å². The highest BCUT2D eigenvalue weighted by atomic mass is 79.9. The molecule has 118 valence electrons. The number of nitrogens with one attached hydrogen (secondary N) is 1. The van der Waals surface area contributed by atoms with Gasteiger partial charge in [0.1, 0.15) is 5.69 Å². The van der Waals surface area contributed by atoms with Gasteiger partial charge in [-0.2, -0.15) is 0 Å². The van der Waals surface area contributed by atoms with Gasteiger partial charge in [0.25, 0.3) is 5.91 Å². The van der Waals surface area contributed by atoms with Crippen LogP contribution in [0, 0.1) is 0 Å². The van der Waals surface area contributed by atoms with E-state index in [9.17, 15) is 4.79 Å². The summed E-state index contributed by atoms with van der Waals surface area (Å²) in [7, 11) is 0. The molecule has 0 aliphatic rings. The van der Waals surface area contributed by atoms with Crippen molar-refractivity contribution in [2.45, 2.75) is 32.6 Å². The minimum absolute atomic E-state index is 0. The first-order chi connectivity index (χ1) is 10.2. The number of anilines is 1. The van der Waals surface area contributed by atoms with Gasteiger partial charge in [-0.25, -0.2) is 0 Å². The topological polar surface area (TPSA) is 42.0 Å². The van der Waals surface area contributed by atoms with E-state index in [1.807, 2.05) is 30.3 Å². The first-order valence-electron chi connectivity index (χ1n) is 7.21. The van der Waals surface area contributed by atoms with Crippen molar-refractivity contribution in [2.24, 2.45) is 0 Å². The first-order valence-corrected chi connectivity index (χ1v) is 8.00. The molecule has 22 heavy (non-hydrogen) atoms. The molecule has 0 unspecified atom stereocenters. The van der Waals surface area contributed by atoms with Gasteiger partial charge in [-0.05, 0) is 42.7 Å². The first kappa shape index (κ1) is 18.7. The summed E-state index contributed by atoms with van der Waals surface area (Å²) < 4.78 is 0.930. The Morgan fingerprint density at radius 2 is 2.05 bits per heavy atom. The Hall–Kier alpha value is -1.39. The molecule has 0 aliphatic heterocycles. The van der Waals surface area contributed by atoms with Crippen molar-refractivity contribution in [3.63, 3.8) is 0 Å². The molecule has 1 aromatic heterocycles. The Kier molecular flexibility index (Phi) is 8.13. The van der Waals surface area contributed by atoms with Crippen LogP contribution in [0.2, 0.25) is 0 Å². The fourth-order valence-electron chi connectivity index (χ4n) is 2.05. The zero-order valence-corrected chi connectivity index (χ0v) is 14.9. The Labute approximate surface area is 146 Å². The Morgan fingerprint density at radius 3 is 2.68 bits per heavy atom. The lowest BCUT2D eigenvalue weighted by Crippen LogP contribution is -2.13. The summed E-state index contributed by atoms with van der Waals surface area (Å²) in [6, 6.07) is 11.3. The largest absolute Gasteiger partial charge is 0.321 e. The predicted octanol–water partition coefficient (Wildman–Crippen LogP) is 5.25. The van der Waals surface area contributed by atoms with E-state index < -0.39 is 0 Å². The maximum atomic E-state index is 12.1. The molecule has 0 radical (unpaired) electrons. The van der Waals surface area contributed by atoms with E-state index in [-0.39, 0.29) is 18.3 Å². The van der Waals surface area contributed by atoms with Gasteiger partial charge in [-0.3, -0.25) is 9.78 Å². The monoisotopic (exact) mass is 382 g/mol. The van der Waals surface area contributed by atoms with E-state index in [2.05, 4.69) is 33.2 Å². The summed E-state index contributed by atoms with van der Waals surface area (Å²) in [5.41, 5.74) is 2.37. The van der Waals surface area contributed by atoms with E-state index >= 15 is 0 Å². The summed E-state index contributed by atoms with van der Waals surface area (Å²) in [6.45, 7) is 2.19. The zero-order chi connectivity index (χ0) is 15.1. The average molecular weight is 384 g/mol. The molecule has 0 atom stereocenters. The molecule has 0 aliphatic carbocycles. The molecule has 1 aromatic carbocycles. The number of amides is 1. The Balaban J connectivity index is 0.00000242. The van der Waals surface area contributed by atoms with Gasteiger partial charge < -0.3 is 5.32 Å². The van der Waals surface area contributed by atoms with Gasteiger partial charge in [-0.1, -0.05) is 47.8 Å². The Morgan fingerprint density at radius 1 is 1.23 bits per heavy atom. The third-order valence-electron chi connectivity index (χ3n) is 3.21. The summed E-state index contributed by atoms with van der Waals surface area (Å²) in [6.07, 6.45) is 6.42. The lowest BCUT2D eigenvalue weighted by molar-refractivity contribution is 0.102. The Bertz CT molecular complexity index is 602. The fraction of sp³-hybridized carbons (Fsp3) is 0.294. The molecule has 2 aromatic rings. The lowest BCUT2D eigenvalue weighted by Gasteiger charge is -2.06. The molecule has 0 bridgehead atoms. The smallest absolute Gasteiger partial charge is 0.274 e. The van der Waals surface area contributed by atoms with Gasteiger partial charge in [-0.15, -0.1) is 12.4 Å². The number of carbonyl (C=O) groups excluding carboxylic acids is 1. The molecule has 0 saturated heterocycles. The minimum Gasteiger partial charge on any atom is -0.321 e. The molecule has 5 heteroatoms. The van der Waals surface area contributed by atoms with E-state index in [0.29, 0.717) is 5.69 Å². The van der Waals surface area contributed by atoms with E-state index in [4.69, 9.17) is 0 Å². The number of halogens is 2. The normalized spacial score (nSPS) is 9.91. The van der Waals surface area contributed by atoms with Crippen LogP contribution in [0.1, 0.15) is 42.2 Å². The summed E-state index contributed by atoms with van der Waals surface area (Å²) in [5.74, 6) is -0.187. The number of hydrogen-bond donors (Lipinski definition) is 1. The van der Waals surface area contributed by atoms with Gasteiger partial charge in [0, 0.05) is 16.4 Å². The number of carbonyl (C=O) groups is 1. The minimum atomic E-state index is -0.187. The molecule has 1 amide bonds. The SMILES string of the molecule is CCCCCc1ccc(C(=O)Nc2cccc(Br)c2)nc1.Cl. The van der Waals surface area contributed by atoms with Crippen molar-refractivity contribution in [3.8, 4) is 0 Å². The van der Waals surface area contributed by atoms with Crippen LogP contribution in [0.15, 0.2) is 47.1 Å². The highest BCUT2D eigenvalue weighted by molar-refractivity contribution is 9.10. The van der Waals surface area contributed by atoms with E-state index in [1.54, 1.807) is 12.3 Å².